The molecule has 2 aromatic carbocycles. The van der Waals surface area contributed by atoms with Crippen molar-refractivity contribution in [3.05, 3.63) is 52.6 Å². The lowest BCUT2D eigenvalue weighted by atomic mass is 9.81. The number of benzene rings is 2. The van der Waals surface area contributed by atoms with Crippen LogP contribution in [0.1, 0.15) is 28.3 Å². The Morgan fingerprint density at radius 2 is 1.84 bits per heavy atom. The molecule has 5 nitrogen and oxygen atoms in total. The second-order valence-electron chi connectivity index (χ2n) is 6.58. The standard InChI is InChI=1S/C20H23NO4/c1-11-5-6-14(8-17(11)23)19-16(10-22)20(24)21(19)15-7-12(2)13(3)18(9-15)25-4/h5-9,16,19,22-23H,10H2,1-4H3/t16-,19-/m1/s1. The minimum Gasteiger partial charge on any atom is -0.508 e. The summed E-state index contributed by atoms with van der Waals surface area (Å²) in [6, 6.07) is 8.86. The van der Waals surface area contributed by atoms with Gasteiger partial charge in [-0.3, -0.25) is 4.79 Å². The van der Waals surface area contributed by atoms with Crippen molar-refractivity contribution < 1.29 is 19.7 Å². The zero-order valence-electron chi connectivity index (χ0n) is 14.9. The molecule has 2 atom stereocenters. The highest BCUT2D eigenvalue weighted by molar-refractivity contribution is 6.03. The van der Waals surface area contributed by atoms with E-state index in [2.05, 4.69) is 0 Å². The number of aromatic hydroxyl groups is 1. The quantitative estimate of drug-likeness (QED) is 0.839. The van der Waals surface area contributed by atoms with Crippen molar-refractivity contribution in [2.24, 2.45) is 5.92 Å². The van der Waals surface area contributed by atoms with Crippen molar-refractivity contribution in [1.29, 1.82) is 0 Å². The van der Waals surface area contributed by atoms with Crippen molar-refractivity contribution in [2.45, 2.75) is 26.8 Å². The molecule has 25 heavy (non-hydrogen) atoms. The SMILES string of the molecule is COc1cc(N2C(=O)[C@H](CO)[C@H]2c2ccc(C)c(O)c2)cc(C)c1C. The van der Waals surface area contributed by atoms with Crippen LogP contribution in [0.2, 0.25) is 0 Å². The first-order valence-electron chi connectivity index (χ1n) is 8.27. The van der Waals surface area contributed by atoms with E-state index in [1.807, 2.05) is 45.0 Å². The number of anilines is 1. The molecule has 0 radical (unpaired) electrons. The van der Waals surface area contributed by atoms with Crippen LogP contribution in [-0.4, -0.2) is 29.8 Å². The number of hydrogen-bond donors (Lipinski definition) is 2. The highest BCUT2D eigenvalue weighted by atomic mass is 16.5. The summed E-state index contributed by atoms with van der Waals surface area (Å²) >= 11 is 0. The Labute approximate surface area is 147 Å². The van der Waals surface area contributed by atoms with Gasteiger partial charge in [-0.1, -0.05) is 12.1 Å². The van der Waals surface area contributed by atoms with E-state index in [9.17, 15) is 15.0 Å². The molecule has 1 heterocycles. The number of phenols is 1. The highest BCUT2D eigenvalue weighted by Gasteiger charge is 2.48. The lowest BCUT2D eigenvalue weighted by Crippen LogP contribution is -2.56. The molecule has 1 aliphatic rings. The Morgan fingerprint density at radius 1 is 1.12 bits per heavy atom. The molecule has 1 aliphatic heterocycles. The summed E-state index contributed by atoms with van der Waals surface area (Å²) in [6.45, 7) is 5.54. The number of nitrogens with zero attached hydrogens (tertiary/aromatic N) is 1. The van der Waals surface area contributed by atoms with Gasteiger partial charge in [0.25, 0.3) is 0 Å². The third kappa shape index (κ3) is 2.74. The third-order valence-electron chi connectivity index (χ3n) is 5.09. The highest BCUT2D eigenvalue weighted by Crippen LogP contribution is 2.45. The average molecular weight is 341 g/mol. The number of aliphatic hydroxyl groups excluding tert-OH is 1. The van der Waals surface area contributed by atoms with Crippen LogP contribution in [0.4, 0.5) is 5.69 Å². The van der Waals surface area contributed by atoms with Crippen LogP contribution in [-0.2, 0) is 4.79 Å². The first-order valence-corrected chi connectivity index (χ1v) is 8.27. The van der Waals surface area contributed by atoms with Crippen LogP contribution in [0.15, 0.2) is 30.3 Å². The van der Waals surface area contributed by atoms with Gasteiger partial charge in [0.1, 0.15) is 11.5 Å². The van der Waals surface area contributed by atoms with E-state index in [-0.39, 0.29) is 24.3 Å². The van der Waals surface area contributed by atoms with Gasteiger partial charge in [-0.05, 0) is 55.2 Å². The molecule has 1 amide bonds. The lowest BCUT2D eigenvalue weighted by molar-refractivity contribution is -0.132. The molecule has 0 saturated carbocycles. The van der Waals surface area contributed by atoms with Gasteiger partial charge in [0, 0.05) is 11.8 Å². The van der Waals surface area contributed by atoms with Crippen LogP contribution in [0.3, 0.4) is 0 Å². The fraction of sp³-hybridized carbons (Fsp3) is 0.350. The van der Waals surface area contributed by atoms with E-state index in [1.165, 1.54) is 0 Å². The second kappa shape index (κ2) is 6.41. The minimum absolute atomic E-state index is 0.127. The molecule has 0 unspecified atom stereocenters. The van der Waals surface area contributed by atoms with Gasteiger partial charge in [0.05, 0.1) is 25.7 Å². The summed E-state index contributed by atoms with van der Waals surface area (Å²) in [6.07, 6.45) is 0. The molecular weight excluding hydrogens is 318 g/mol. The van der Waals surface area contributed by atoms with E-state index in [1.54, 1.807) is 18.1 Å². The number of aryl methyl sites for hydroxylation is 2. The van der Waals surface area contributed by atoms with Crippen LogP contribution >= 0.6 is 0 Å². The van der Waals surface area contributed by atoms with Gasteiger partial charge in [-0.15, -0.1) is 0 Å². The van der Waals surface area contributed by atoms with Gasteiger partial charge < -0.3 is 19.8 Å². The molecule has 1 fully saturated rings. The summed E-state index contributed by atoms with van der Waals surface area (Å²) < 4.78 is 5.42. The molecular formula is C20H23NO4. The maximum atomic E-state index is 12.6. The lowest BCUT2D eigenvalue weighted by Gasteiger charge is -2.47. The molecule has 0 spiro atoms. The molecule has 132 valence electrons. The van der Waals surface area contributed by atoms with Gasteiger partial charge in [-0.25, -0.2) is 0 Å². The number of amides is 1. The van der Waals surface area contributed by atoms with Crippen molar-refractivity contribution in [3.63, 3.8) is 0 Å². The van der Waals surface area contributed by atoms with Crippen LogP contribution < -0.4 is 9.64 Å². The number of carbonyl (C=O) groups is 1. The van der Waals surface area contributed by atoms with E-state index in [4.69, 9.17) is 4.74 Å². The number of methoxy groups -OCH3 is 1. The van der Waals surface area contributed by atoms with Gasteiger partial charge in [-0.2, -0.15) is 0 Å². The predicted molar refractivity (Wildman–Crippen MR) is 96.1 cm³/mol. The topological polar surface area (TPSA) is 70.0 Å². The second-order valence-corrected chi connectivity index (χ2v) is 6.58. The van der Waals surface area contributed by atoms with Crippen molar-refractivity contribution in [2.75, 3.05) is 18.6 Å². The van der Waals surface area contributed by atoms with Crippen molar-refractivity contribution in [3.8, 4) is 11.5 Å². The normalized spacial score (nSPS) is 19.7. The largest absolute Gasteiger partial charge is 0.508 e. The number of phenolic OH excluding ortho intramolecular Hbond substituents is 1. The maximum Gasteiger partial charge on any atom is 0.235 e. The summed E-state index contributed by atoms with van der Waals surface area (Å²) in [5.41, 5.74) is 4.37. The van der Waals surface area contributed by atoms with E-state index < -0.39 is 5.92 Å². The zero-order chi connectivity index (χ0) is 18.3. The van der Waals surface area contributed by atoms with Gasteiger partial charge in [0.15, 0.2) is 0 Å². The number of carbonyl (C=O) groups excluding carboxylic acids is 1. The monoisotopic (exact) mass is 341 g/mol. The molecule has 1 saturated heterocycles. The van der Waals surface area contributed by atoms with Crippen LogP contribution in [0.5, 0.6) is 11.5 Å². The Morgan fingerprint density at radius 3 is 2.44 bits per heavy atom. The number of hydrogen-bond acceptors (Lipinski definition) is 4. The number of aliphatic hydroxyl groups is 1. The molecule has 3 rings (SSSR count). The van der Waals surface area contributed by atoms with Gasteiger partial charge in [0.2, 0.25) is 5.91 Å². The molecule has 2 aromatic rings. The number of β-lactam (4-membered cyclic amide) rings is 1. The first-order chi connectivity index (χ1) is 11.9. The Kier molecular flexibility index (Phi) is 4.43. The minimum atomic E-state index is -0.505. The summed E-state index contributed by atoms with van der Waals surface area (Å²) in [5.74, 6) is 0.277. The molecule has 0 aromatic heterocycles. The summed E-state index contributed by atoms with van der Waals surface area (Å²) in [4.78, 5) is 14.3. The molecule has 2 N–H and O–H groups in total. The average Bonchev–Trinajstić information content (AvgIpc) is 2.58. The Balaban J connectivity index is 2.06. The molecule has 0 bridgehead atoms. The zero-order valence-corrected chi connectivity index (χ0v) is 14.9. The van der Waals surface area contributed by atoms with Crippen LogP contribution in [0.25, 0.3) is 0 Å². The summed E-state index contributed by atoms with van der Waals surface area (Å²) in [5, 5.41) is 19.7. The Hall–Kier alpha value is -2.53. The maximum absolute atomic E-state index is 12.6. The fourth-order valence-corrected chi connectivity index (χ4v) is 3.37. The van der Waals surface area contributed by atoms with E-state index in [0.717, 1.165) is 33.7 Å². The van der Waals surface area contributed by atoms with Gasteiger partial charge >= 0.3 is 0 Å². The van der Waals surface area contributed by atoms with Crippen LogP contribution in [0, 0.1) is 26.7 Å². The van der Waals surface area contributed by atoms with E-state index >= 15 is 0 Å². The predicted octanol–water partition coefficient (Wildman–Crippen LogP) is 3.02. The molecule has 0 aliphatic carbocycles. The van der Waals surface area contributed by atoms with Crippen molar-refractivity contribution >= 4 is 11.6 Å². The summed E-state index contributed by atoms with van der Waals surface area (Å²) in [7, 11) is 1.61. The molecule has 5 heteroatoms. The Bertz CT molecular complexity index is 831. The smallest absolute Gasteiger partial charge is 0.235 e. The third-order valence-corrected chi connectivity index (χ3v) is 5.09. The first kappa shape index (κ1) is 17.3. The number of ether oxygens (including phenoxy) is 1. The number of rotatable bonds is 4. The van der Waals surface area contributed by atoms with Crippen molar-refractivity contribution in [1.82, 2.24) is 0 Å². The van der Waals surface area contributed by atoms with E-state index in [0.29, 0.717) is 0 Å². The fourth-order valence-electron chi connectivity index (χ4n) is 3.37.